The van der Waals surface area contributed by atoms with Gasteiger partial charge >= 0.3 is 19.8 Å². The minimum atomic E-state index is -4.40. The first-order valence-electron chi connectivity index (χ1n) is 31.7. The highest BCUT2D eigenvalue weighted by Gasteiger charge is 2.27. The summed E-state index contributed by atoms with van der Waals surface area (Å²) in [5.41, 5.74) is 0. The summed E-state index contributed by atoms with van der Waals surface area (Å²) in [6.45, 7) is 4.32. The van der Waals surface area contributed by atoms with E-state index in [1.807, 2.05) is 21.1 Å². The number of carbonyl (C=O) groups is 2. The van der Waals surface area contributed by atoms with E-state index >= 15 is 0 Å². The summed E-state index contributed by atoms with van der Waals surface area (Å²) in [5, 5.41) is 0. The minimum absolute atomic E-state index is 0.0243. The third-order valence-electron chi connectivity index (χ3n) is 13.8. The van der Waals surface area contributed by atoms with Crippen molar-refractivity contribution in [1.29, 1.82) is 0 Å². The second kappa shape index (κ2) is 57.1. The number of nitrogens with zero attached hydrogens (tertiary/aromatic N) is 1. The number of phosphoric acid groups is 1. The second-order valence-electron chi connectivity index (χ2n) is 22.4. The first-order chi connectivity index (χ1) is 37.0. The van der Waals surface area contributed by atoms with Gasteiger partial charge in [0.05, 0.1) is 27.7 Å². The fourth-order valence-electron chi connectivity index (χ4n) is 8.90. The molecule has 1 N–H and O–H groups in total. The zero-order valence-electron chi connectivity index (χ0n) is 50.2. The van der Waals surface area contributed by atoms with Gasteiger partial charge in [-0.25, -0.2) is 4.57 Å². The molecule has 0 aromatic rings. The summed E-state index contributed by atoms with van der Waals surface area (Å²) >= 11 is 0. The van der Waals surface area contributed by atoms with Crippen LogP contribution in [0, 0.1) is 0 Å². The number of likely N-dealkylation sites (N-methyl/N-ethyl adjacent to an activating group) is 1. The monoisotopic (exact) mass is 1090 g/mol. The zero-order chi connectivity index (χ0) is 55.6. The van der Waals surface area contributed by atoms with E-state index in [9.17, 15) is 19.0 Å². The Kier molecular flexibility index (Phi) is 55.2. The largest absolute Gasteiger partial charge is 0.472 e. The lowest BCUT2D eigenvalue weighted by atomic mass is 10.0. The van der Waals surface area contributed by atoms with Crippen LogP contribution in [0.5, 0.6) is 0 Å². The molecule has 2 unspecified atom stereocenters. The maximum atomic E-state index is 12.8. The molecule has 0 aliphatic heterocycles. The van der Waals surface area contributed by atoms with E-state index in [2.05, 4.69) is 86.8 Å². The molecule has 0 aliphatic carbocycles. The Hall–Kier alpha value is -2.55. The third kappa shape index (κ3) is 60.7. The van der Waals surface area contributed by atoms with Gasteiger partial charge in [0.1, 0.15) is 19.8 Å². The number of unbranched alkanes of at least 4 members (excludes halogenated alkanes) is 32. The molecule has 0 rings (SSSR count). The number of allylic oxidation sites excluding steroid dienone is 12. The first-order valence-corrected chi connectivity index (χ1v) is 33.2. The summed E-state index contributed by atoms with van der Waals surface area (Å²) in [6.07, 6.45) is 75.7. The molecule has 0 aromatic heterocycles. The molecule has 0 aliphatic rings. The van der Waals surface area contributed by atoms with Gasteiger partial charge in [-0.2, -0.15) is 0 Å². The molecule has 0 bridgehead atoms. The topological polar surface area (TPSA) is 108 Å². The molecular formula is C66H121NO8P+. The molecule has 442 valence electrons. The summed E-state index contributed by atoms with van der Waals surface area (Å²) in [4.78, 5) is 35.8. The molecule has 0 saturated heterocycles. The number of hydrogen-bond acceptors (Lipinski definition) is 7. The third-order valence-corrected chi connectivity index (χ3v) is 14.7. The molecule has 76 heavy (non-hydrogen) atoms. The zero-order valence-corrected chi connectivity index (χ0v) is 51.1. The molecule has 0 radical (unpaired) electrons. The van der Waals surface area contributed by atoms with Crippen LogP contribution in [0.1, 0.15) is 284 Å². The molecule has 10 heteroatoms. The van der Waals surface area contributed by atoms with Crippen LogP contribution in [-0.4, -0.2) is 74.9 Å². The van der Waals surface area contributed by atoms with Crippen LogP contribution in [0.2, 0.25) is 0 Å². The lowest BCUT2D eigenvalue weighted by molar-refractivity contribution is -0.870. The predicted octanol–water partition coefficient (Wildman–Crippen LogP) is 20.0. The van der Waals surface area contributed by atoms with E-state index in [0.29, 0.717) is 17.4 Å². The molecule has 0 heterocycles. The highest BCUT2D eigenvalue weighted by molar-refractivity contribution is 7.47. The maximum absolute atomic E-state index is 12.8. The highest BCUT2D eigenvalue weighted by atomic mass is 31.2. The highest BCUT2D eigenvalue weighted by Crippen LogP contribution is 2.43. The SMILES string of the molecule is CC/C=C\C/C=C\C/C=C\C/C=C\C/C=C\C/C=C\CCCCCCC(=O)OC(COC(=O)CCCCCCCCCCCCCCCCCCCCCCCCCCCCCCC)COP(=O)(O)OCC[N+](C)(C)C. The Bertz CT molecular complexity index is 1510. The van der Waals surface area contributed by atoms with Crippen LogP contribution in [-0.2, 0) is 32.7 Å². The van der Waals surface area contributed by atoms with Gasteiger partial charge in [0.15, 0.2) is 6.10 Å². The number of carbonyl (C=O) groups excluding carboxylic acids is 2. The van der Waals surface area contributed by atoms with Crippen LogP contribution < -0.4 is 0 Å². The quantitative estimate of drug-likeness (QED) is 0.0211. The summed E-state index contributed by atoms with van der Waals surface area (Å²) in [6, 6.07) is 0. The van der Waals surface area contributed by atoms with E-state index < -0.39 is 26.5 Å². The van der Waals surface area contributed by atoms with Crippen molar-refractivity contribution in [2.24, 2.45) is 0 Å². The average molecular weight is 1090 g/mol. The molecule has 9 nitrogen and oxygen atoms in total. The van der Waals surface area contributed by atoms with Crippen molar-refractivity contribution in [3.8, 4) is 0 Å². The molecule has 0 aromatic carbocycles. The fraction of sp³-hybridized carbons (Fsp3) is 0.788. The smallest absolute Gasteiger partial charge is 0.462 e. The lowest BCUT2D eigenvalue weighted by Crippen LogP contribution is -2.37. The predicted molar refractivity (Wildman–Crippen MR) is 326 cm³/mol. The number of phosphoric ester groups is 1. The summed E-state index contributed by atoms with van der Waals surface area (Å²) in [7, 11) is 1.46. The van der Waals surface area contributed by atoms with Gasteiger partial charge in [-0.05, 0) is 64.2 Å². The molecule has 2 atom stereocenters. The van der Waals surface area contributed by atoms with Crippen molar-refractivity contribution in [1.82, 2.24) is 0 Å². The first kappa shape index (κ1) is 73.5. The van der Waals surface area contributed by atoms with E-state index in [0.717, 1.165) is 83.5 Å². The number of rotatable bonds is 58. The molecule has 0 saturated carbocycles. The van der Waals surface area contributed by atoms with Crippen LogP contribution >= 0.6 is 7.82 Å². The number of quaternary nitrogens is 1. The Morgan fingerprint density at radius 3 is 1.12 bits per heavy atom. The number of ether oxygens (including phenoxy) is 2. The minimum Gasteiger partial charge on any atom is -0.462 e. The van der Waals surface area contributed by atoms with Crippen molar-refractivity contribution in [2.45, 2.75) is 290 Å². The van der Waals surface area contributed by atoms with Gasteiger partial charge in [-0.15, -0.1) is 0 Å². The van der Waals surface area contributed by atoms with E-state index in [4.69, 9.17) is 18.5 Å². The standard InChI is InChI=1S/C66H120NO8P/c1-6-8-10-12-14-16-18-20-22-24-26-28-30-31-32-33-34-35-37-38-40-42-44-46-48-50-52-54-56-58-65(68)72-62-64(63-74-76(70,71)73-61-60-67(3,4)5)75-66(69)59-57-55-53-51-49-47-45-43-41-39-36-29-27-25-23-21-19-17-15-13-11-9-7-2/h9,11,15,17,21,23,27,29,39,41,45,47,64H,6-8,10,12-14,16,18-20,22,24-26,28,30-38,40,42-44,46,48-63H2,1-5H3/p+1/b11-9-,17-15-,23-21-,29-27-,41-39-,47-45-. The van der Waals surface area contributed by atoms with Crippen molar-refractivity contribution in [2.75, 3.05) is 47.5 Å². The molecule has 0 fully saturated rings. The summed E-state index contributed by atoms with van der Waals surface area (Å²) in [5.74, 6) is -0.819. The maximum Gasteiger partial charge on any atom is 0.472 e. The number of hydrogen-bond donors (Lipinski definition) is 1. The van der Waals surface area contributed by atoms with Gasteiger partial charge in [0.2, 0.25) is 0 Å². The Morgan fingerprint density at radius 2 is 0.750 bits per heavy atom. The van der Waals surface area contributed by atoms with E-state index in [1.54, 1.807) is 0 Å². The van der Waals surface area contributed by atoms with Crippen LogP contribution in [0.4, 0.5) is 0 Å². The number of esters is 2. The van der Waals surface area contributed by atoms with Gasteiger partial charge in [-0.3, -0.25) is 18.6 Å². The Morgan fingerprint density at radius 1 is 0.421 bits per heavy atom. The van der Waals surface area contributed by atoms with Gasteiger partial charge in [0.25, 0.3) is 0 Å². The average Bonchev–Trinajstić information content (AvgIpc) is 3.38. The van der Waals surface area contributed by atoms with Crippen LogP contribution in [0.25, 0.3) is 0 Å². The van der Waals surface area contributed by atoms with Crippen molar-refractivity contribution in [3.05, 3.63) is 72.9 Å². The van der Waals surface area contributed by atoms with Crippen LogP contribution in [0.15, 0.2) is 72.9 Å². The van der Waals surface area contributed by atoms with Gasteiger partial charge in [-0.1, -0.05) is 279 Å². The molecular weight excluding hydrogens is 966 g/mol. The van der Waals surface area contributed by atoms with Crippen LogP contribution in [0.3, 0.4) is 0 Å². The molecule has 0 amide bonds. The summed E-state index contributed by atoms with van der Waals surface area (Å²) < 4.78 is 34.6. The van der Waals surface area contributed by atoms with E-state index in [1.165, 1.54) is 167 Å². The fourth-order valence-corrected chi connectivity index (χ4v) is 9.65. The second-order valence-corrected chi connectivity index (χ2v) is 23.9. The molecule has 0 spiro atoms. The normalized spacial score (nSPS) is 13.7. The Labute approximate surface area is 469 Å². The Balaban J connectivity index is 4.12. The van der Waals surface area contributed by atoms with E-state index in [-0.39, 0.29) is 32.0 Å². The van der Waals surface area contributed by atoms with Crippen molar-refractivity contribution < 1.29 is 42.1 Å². The van der Waals surface area contributed by atoms with Crippen molar-refractivity contribution in [3.63, 3.8) is 0 Å². The van der Waals surface area contributed by atoms with Gasteiger partial charge < -0.3 is 18.9 Å². The lowest BCUT2D eigenvalue weighted by Gasteiger charge is -2.24. The van der Waals surface area contributed by atoms with Crippen molar-refractivity contribution >= 4 is 19.8 Å². The van der Waals surface area contributed by atoms with Gasteiger partial charge in [0, 0.05) is 12.8 Å².